The zero-order valence-electron chi connectivity index (χ0n) is 32.8. The highest BCUT2D eigenvalue weighted by Crippen LogP contribution is 2.50. The van der Waals surface area contributed by atoms with Gasteiger partial charge in [-0.3, -0.25) is 14.6 Å². The second kappa shape index (κ2) is 15.3. The van der Waals surface area contributed by atoms with Gasteiger partial charge in [-0.25, -0.2) is 14.6 Å². The topological polar surface area (TPSA) is 170 Å². The summed E-state index contributed by atoms with van der Waals surface area (Å²) in [6.07, 6.45) is 7.14. The summed E-state index contributed by atoms with van der Waals surface area (Å²) in [5, 5.41) is 9.01. The number of aromatic amines is 1. The van der Waals surface area contributed by atoms with Crippen LogP contribution < -0.4 is 16.0 Å². The quantitative estimate of drug-likeness (QED) is 0.235. The summed E-state index contributed by atoms with van der Waals surface area (Å²) in [6.45, 7) is 6.77. The molecule has 4 N–H and O–H groups in total. The van der Waals surface area contributed by atoms with Crippen LogP contribution in [-0.4, -0.2) is 101 Å². The largest absolute Gasteiger partial charge is 0.453 e. The molecule has 1 saturated carbocycles. The summed E-state index contributed by atoms with van der Waals surface area (Å²) in [7, 11) is 2.60. The van der Waals surface area contributed by atoms with Crippen LogP contribution in [0, 0.1) is 11.8 Å². The summed E-state index contributed by atoms with van der Waals surface area (Å²) in [5.41, 5.74) is 8.23. The third-order valence-electron chi connectivity index (χ3n) is 12.5. The number of nitrogens with zero attached hydrogens (tertiary/aromatic N) is 4. The average molecular weight is 765 g/mol. The van der Waals surface area contributed by atoms with Crippen LogP contribution in [0.1, 0.15) is 87.5 Å². The Morgan fingerprint density at radius 2 is 1.62 bits per heavy atom. The van der Waals surface area contributed by atoms with Crippen molar-refractivity contribution in [3.63, 3.8) is 0 Å². The van der Waals surface area contributed by atoms with Crippen molar-refractivity contribution in [2.45, 2.75) is 102 Å². The van der Waals surface area contributed by atoms with E-state index in [1.54, 1.807) is 6.92 Å². The number of aryl methyl sites for hydroxylation is 2. The molecule has 8 rings (SSSR count). The molecular formula is C42H52N8O6. The molecule has 14 heteroatoms. The molecule has 7 atom stereocenters. The van der Waals surface area contributed by atoms with Crippen LogP contribution in [0.4, 0.5) is 9.59 Å². The van der Waals surface area contributed by atoms with E-state index in [-0.39, 0.29) is 41.9 Å². The van der Waals surface area contributed by atoms with Crippen molar-refractivity contribution in [3.8, 4) is 22.4 Å². The Morgan fingerprint density at radius 3 is 2.38 bits per heavy atom. The number of carbonyl (C=O) groups is 4. The molecule has 296 valence electrons. The van der Waals surface area contributed by atoms with E-state index >= 15 is 0 Å². The number of rotatable bonds is 9. The third-order valence-corrected chi connectivity index (χ3v) is 12.5. The molecule has 3 aromatic rings. The molecule has 1 unspecified atom stereocenters. The fourth-order valence-electron chi connectivity index (χ4n) is 9.65. The predicted octanol–water partition coefficient (Wildman–Crippen LogP) is 5.05. The zero-order chi connectivity index (χ0) is 39.2. The Balaban J connectivity index is 0.944. The van der Waals surface area contributed by atoms with E-state index in [9.17, 15) is 19.2 Å². The number of benzene rings is 2. The van der Waals surface area contributed by atoms with Gasteiger partial charge in [0, 0.05) is 12.6 Å². The number of ether oxygens (including phenoxy) is 2. The lowest BCUT2D eigenvalue weighted by atomic mass is 9.83. The number of carbonyl (C=O) groups excluding carboxylic acids is 4. The van der Waals surface area contributed by atoms with Gasteiger partial charge in [-0.1, -0.05) is 44.2 Å². The van der Waals surface area contributed by atoms with Crippen LogP contribution in [0.15, 0.2) is 47.6 Å². The van der Waals surface area contributed by atoms with Crippen LogP contribution in [0.5, 0.6) is 0 Å². The molecule has 2 bridgehead atoms. The molecule has 0 radical (unpaired) electrons. The Labute approximate surface area is 327 Å². The fourth-order valence-corrected chi connectivity index (χ4v) is 9.65. The second-order valence-electron chi connectivity index (χ2n) is 16.2. The molecule has 0 spiro atoms. The Morgan fingerprint density at radius 1 is 0.893 bits per heavy atom. The Kier molecular flexibility index (Phi) is 10.2. The standard InChI is InChI=1S/C42H52N8O6/c1-22(2)35(48-42(54)56-5)40(52)49-16-6-7-34(49)37-43-20-32(46-37)26-11-14-30-24(17-26)8-9-25-18-27(12-15-31(25)30)33-21-44-38(47-33)36-28-10-13-29(19-28)50(36)39(51)23(3)45-41(53)55-4/h11-12,14-15,17-18,21-23,28-29,32,34-36H,6-10,13,16,19-20H2,1-5H3,(H,43,46)(H,44,47)(H,45,53)(H,48,54)/t23-,28-,29+,32?,34-,35-,36-/m0/s1. The highest BCUT2D eigenvalue weighted by atomic mass is 16.5. The number of hydrogen-bond acceptors (Lipinski definition) is 9. The molecule has 1 aromatic heterocycles. The van der Waals surface area contributed by atoms with E-state index in [1.807, 2.05) is 29.8 Å². The number of likely N-dealkylation sites (tertiary alicyclic amines) is 2. The monoisotopic (exact) mass is 764 g/mol. The molecule has 4 heterocycles. The smallest absolute Gasteiger partial charge is 0.407 e. The highest BCUT2D eigenvalue weighted by Gasteiger charge is 2.51. The van der Waals surface area contributed by atoms with E-state index in [2.05, 4.69) is 57.3 Å². The number of H-pyrrole nitrogens is 1. The van der Waals surface area contributed by atoms with Gasteiger partial charge in [-0.05, 0) is 103 Å². The van der Waals surface area contributed by atoms with Crippen LogP contribution >= 0.6 is 0 Å². The number of imidazole rings is 1. The fraction of sp³-hybridized carbons (Fsp3) is 0.524. The third kappa shape index (κ3) is 6.87. The number of piperidine rings is 1. The van der Waals surface area contributed by atoms with E-state index in [4.69, 9.17) is 19.5 Å². The number of methoxy groups -OCH3 is 2. The second-order valence-corrected chi connectivity index (χ2v) is 16.2. The van der Waals surface area contributed by atoms with Crippen LogP contribution in [0.3, 0.4) is 0 Å². The van der Waals surface area contributed by atoms with Crippen molar-refractivity contribution in [2.24, 2.45) is 16.8 Å². The molecule has 3 fully saturated rings. The van der Waals surface area contributed by atoms with Gasteiger partial charge in [0.1, 0.15) is 23.7 Å². The summed E-state index contributed by atoms with van der Waals surface area (Å²) < 4.78 is 9.51. The van der Waals surface area contributed by atoms with Gasteiger partial charge < -0.3 is 40.2 Å². The van der Waals surface area contributed by atoms with E-state index < -0.39 is 24.3 Å². The van der Waals surface area contributed by atoms with Gasteiger partial charge in [-0.15, -0.1) is 0 Å². The van der Waals surface area contributed by atoms with Crippen molar-refractivity contribution in [1.29, 1.82) is 0 Å². The first-order valence-corrected chi connectivity index (χ1v) is 20.0. The van der Waals surface area contributed by atoms with Crippen LogP contribution in [-0.2, 0) is 31.9 Å². The van der Waals surface area contributed by atoms with Gasteiger partial charge in [-0.2, -0.15) is 0 Å². The number of amidine groups is 1. The molecule has 2 aromatic carbocycles. The SMILES string of the molecule is COC(=O)N[C@@H](C)C(=O)N1[C@@H]2CC[C@@H](C2)[C@H]1c1ncc(-c2ccc3c(c2)CCc2cc(C4CN=C([C@@H]5CCCN5C(=O)[C@@H](NC(=O)OC)C(C)C)N4)ccc2-3)[nH]1. The van der Waals surface area contributed by atoms with Crippen LogP contribution in [0.2, 0.25) is 0 Å². The van der Waals surface area contributed by atoms with E-state index in [0.717, 1.165) is 67.9 Å². The maximum atomic E-state index is 13.6. The van der Waals surface area contributed by atoms with Crippen molar-refractivity contribution >= 4 is 29.8 Å². The lowest BCUT2D eigenvalue weighted by Crippen LogP contribution is -2.54. The lowest BCUT2D eigenvalue weighted by molar-refractivity contribution is -0.137. The maximum absolute atomic E-state index is 13.6. The summed E-state index contributed by atoms with van der Waals surface area (Å²) in [4.78, 5) is 68.1. The minimum Gasteiger partial charge on any atom is -0.453 e. The number of fused-ring (bicyclic) bond motifs is 5. The van der Waals surface area contributed by atoms with E-state index in [1.165, 1.54) is 42.0 Å². The Hall–Kier alpha value is -5.40. The first-order chi connectivity index (χ1) is 27.0. The van der Waals surface area contributed by atoms with Gasteiger partial charge in [0.25, 0.3) is 0 Å². The number of aromatic nitrogens is 2. The maximum Gasteiger partial charge on any atom is 0.407 e. The number of amides is 4. The predicted molar refractivity (Wildman–Crippen MR) is 210 cm³/mol. The van der Waals surface area contributed by atoms with Gasteiger partial charge in [0.2, 0.25) is 11.8 Å². The van der Waals surface area contributed by atoms with Crippen molar-refractivity contribution in [3.05, 3.63) is 65.1 Å². The summed E-state index contributed by atoms with van der Waals surface area (Å²) >= 11 is 0. The first-order valence-electron chi connectivity index (χ1n) is 20.0. The molecule has 56 heavy (non-hydrogen) atoms. The first kappa shape index (κ1) is 37.5. The minimum atomic E-state index is -0.694. The molecule has 5 aliphatic rings. The van der Waals surface area contributed by atoms with Gasteiger partial charge >= 0.3 is 12.2 Å². The lowest BCUT2D eigenvalue weighted by Gasteiger charge is -2.36. The summed E-state index contributed by atoms with van der Waals surface area (Å²) in [6, 6.07) is 11.8. The van der Waals surface area contributed by atoms with E-state index in [0.29, 0.717) is 19.0 Å². The summed E-state index contributed by atoms with van der Waals surface area (Å²) in [5.74, 6) is 1.65. The normalized spacial score (nSPS) is 24.5. The van der Waals surface area contributed by atoms with Crippen LogP contribution in [0.25, 0.3) is 22.4 Å². The number of hydrogen-bond donors (Lipinski definition) is 4. The number of nitrogens with one attached hydrogen (secondary N) is 4. The molecular weight excluding hydrogens is 713 g/mol. The molecule has 4 amide bonds. The van der Waals surface area contributed by atoms with Crippen molar-refractivity contribution in [2.75, 3.05) is 27.3 Å². The number of aliphatic imine (C=N–C) groups is 1. The average Bonchev–Trinajstić information content (AvgIpc) is 4.06. The molecule has 14 nitrogen and oxygen atoms in total. The zero-order valence-corrected chi connectivity index (χ0v) is 32.8. The molecule has 2 aliphatic carbocycles. The molecule has 2 saturated heterocycles. The van der Waals surface area contributed by atoms with Crippen molar-refractivity contribution in [1.82, 2.24) is 35.7 Å². The van der Waals surface area contributed by atoms with Gasteiger partial charge in [0.15, 0.2) is 0 Å². The molecule has 3 aliphatic heterocycles. The minimum absolute atomic E-state index is 0.0221. The van der Waals surface area contributed by atoms with Gasteiger partial charge in [0.05, 0.1) is 50.8 Å². The Bertz CT molecular complexity index is 2060. The number of alkyl carbamates (subject to hydrolysis) is 2. The van der Waals surface area contributed by atoms with Crippen molar-refractivity contribution < 1.29 is 28.7 Å². The highest BCUT2D eigenvalue weighted by molar-refractivity contribution is 5.95.